The Kier molecular flexibility index (Phi) is 4.85. The van der Waals surface area contributed by atoms with Gasteiger partial charge in [0.2, 0.25) is 5.91 Å². The Morgan fingerprint density at radius 3 is 2.67 bits per heavy atom. The first-order valence-electron chi connectivity index (χ1n) is 10.7. The van der Waals surface area contributed by atoms with E-state index in [4.69, 9.17) is 0 Å². The molecule has 2 aliphatic rings. The fourth-order valence-corrected chi connectivity index (χ4v) is 6.22. The molecule has 1 aliphatic carbocycles. The smallest absolute Gasteiger partial charge is 0.337 e. The number of piperidine rings is 1. The maximum atomic E-state index is 13.5. The van der Waals surface area contributed by atoms with Crippen molar-refractivity contribution in [1.82, 2.24) is 14.0 Å². The molecule has 1 aromatic carbocycles. The summed E-state index contributed by atoms with van der Waals surface area (Å²) >= 11 is 1.51. The van der Waals surface area contributed by atoms with Crippen LogP contribution in [-0.4, -0.2) is 32.5 Å². The summed E-state index contributed by atoms with van der Waals surface area (Å²) < 4.78 is 2.77. The lowest BCUT2D eigenvalue weighted by Crippen LogP contribution is -2.46. The summed E-state index contributed by atoms with van der Waals surface area (Å²) in [6.45, 7) is 2.78. The summed E-state index contributed by atoms with van der Waals surface area (Å²) in [6.07, 6.45) is 5.94. The molecule has 3 heterocycles. The van der Waals surface area contributed by atoms with Gasteiger partial charge in [0.25, 0.3) is 5.56 Å². The van der Waals surface area contributed by atoms with Gasteiger partial charge in [-0.2, -0.15) is 0 Å². The van der Waals surface area contributed by atoms with Gasteiger partial charge in [-0.15, -0.1) is 11.3 Å². The van der Waals surface area contributed by atoms with E-state index in [0.29, 0.717) is 15.9 Å². The number of amides is 1. The van der Waals surface area contributed by atoms with E-state index in [1.807, 2.05) is 23.1 Å². The van der Waals surface area contributed by atoms with E-state index in [2.05, 4.69) is 6.92 Å². The number of nitrogens with zero attached hydrogens (tertiary/aromatic N) is 3. The summed E-state index contributed by atoms with van der Waals surface area (Å²) in [7, 11) is 0. The number of hydrogen-bond donors (Lipinski definition) is 0. The molecule has 156 valence electrons. The lowest BCUT2D eigenvalue weighted by Gasteiger charge is -2.33. The predicted octanol–water partition coefficient (Wildman–Crippen LogP) is 3.10. The van der Waals surface area contributed by atoms with Crippen LogP contribution in [0.15, 0.2) is 39.9 Å². The van der Waals surface area contributed by atoms with Crippen molar-refractivity contribution in [3.05, 3.63) is 61.6 Å². The zero-order chi connectivity index (χ0) is 20.8. The minimum absolute atomic E-state index is 0.0216. The van der Waals surface area contributed by atoms with Crippen LogP contribution in [0.2, 0.25) is 0 Å². The fraction of sp³-hybridized carbons (Fsp3) is 0.435. The molecule has 6 nitrogen and oxygen atoms in total. The maximum Gasteiger partial charge on any atom is 0.337 e. The van der Waals surface area contributed by atoms with Crippen molar-refractivity contribution in [2.45, 2.75) is 58.0 Å². The number of aromatic nitrogens is 2. The SMILES string of the molecule is C[C@@H]1CCCCN1C(=O)Cn1c(=O)n(-c2ccccc2)c(=O)c2c3c(sc21)CCC3. The number of rotatable bonds is 3. The molecule has 1 fully saturated rings. The number of carbonyl (C=O) groups excluding carboxylic acids is 1. The first-order chi connectivity index (χ1) is 14.6. The molecule has 0 unspecified atom stereocenters. The molecule has 7 heteroatoms. The third-order valence-corrected chi connectivity index (χ3v) is 7.73. The van der Waals surface area contributed by atoms with Crippen molar-refractivity contribution in [2.24, 2.45) is 0 Å². The number of likely N-dealkylation sites (tertiary alicyclic amines) is 1. The zero-order valence-electron chi connectivity index (χ0n) is 17.1. The second-order valence-corrected chi connectivity index (χ2v) is 9.40. The third-order valence-electron chi connectivity index (χ3n) is 6.42. The van der Waals surface area contributed by atoms with Crippen LogP contribution < -0.4 is 11.2 Å². The molecular formula is C23H25N3O3S. The second kappa shape index (κ2) is 7.54. The van der Waals surface area contributed by atoms with Gasteiger partial charge >= 0.3 is 5.69 Å². The minimum atomic E-state index is -0.434. The average Bonchev–Trinajstić information content (AvgIpc) is 3.33. The number of benzene rings is 1. The van der Waals surface area contributed by atoms with Gasteiger partial charge in [0, 0.05) is 17.5 Å². The van der Waals surface area contributed by atoms with Crippen LogP contribution in [0.1, 0.15) is 43.0 Å². The molecular weight excluding hydrogens is 398 g/mol. The first kappa shape index (κ1) is 19.3. The fourth-order valence-electron chi connectivity index (χ4n) is 4.85. The standard InChI is InChI=1S/C23H25N3O3S/c1-15-8-5-6-13-24(15)19(27)14-25-22-20(17-11-7-12-18(17)30-22)21(28)26(23(25)29)16-9-3-2-4-10-16/h2-4,9-10,15H,5-8,11-14H2,1H3/t15-/m1/s1. The van der Waals surface area contributed by atoms with E-state index in [0.717, 1.165) is 50.6 Å². The number of fused-ring (bicyclic) bond motifs is 3. The van der Waals surface area contributed by atoms with Crippen LogP contribution in [0.4, 0.5) is 0 Å². The van der Waals surface area contributed by atoms with Crippen LogP contribution in [-0.2, 0) is 24.2 Å². The van der Waals surface area contributed by atoms with Gasteiger partial charge in [-0.1, -0.05) is 18.2 Å². The van der Waals surface area contributed by atoms with E-state index in [9.17, 15) is 14.4 Å². The molecule has 1 atom stereocenters. The van der Waals surface area contributed by atoms with Crippen molar-refractivity contribution in [3.8, 4) is 5.69 Å². The highest BCUT2D eigenvalue weighted by atomic mass is 32.1. The van der Waals surface area contributed by atoms with E-state index in [-0.39, 0.29) is 24.1 Å². The number of carbonyl (C=O) groups is 1. The summed E-state index contributed by atoms with van der Waals surface area (Å²) in [5.41, 5.74) is 0.907. The molecule has 0 bridgehead atoms. The summed E-state index contributed by atoms with van der Waals surface area (Å²) in [6, 6.07) is 9.20. The maximum absolute atomic E-state index is 13.5. The Labute approximate surface area is 178 Å². The normalized spacial score (nSPS) is 18.7. The molecule has 2 aromatic heterocycles. The first-order valence-corrected chi connectivity index (χ1v) is 11.5. The third kappa shape index (κ3) is 3.03. The molecule has 1 saturated heterocycles. The van der Waals surface area contributed by atoms with Crippen LogP contribution in [0.3, 0.4) is 0 Å². The Hall–Kier alpha value is -2.67. The van der Waals surface area contributed by atoms with E-state index >= 15 is 0 Å². The van der Waals surface area contributed by atoms with Crippen molar-refractivity contribution >= 4 is 27.5 Å². The Bertz CT molecular complexity index is 1240. The number of para-hydroxylation sites is 1. The Morgan fingerprint density at radius 2 is 1.90 bits per heavy atom. The van der Waals surface area contributed by atoms with Gasteiger partial charge in [0.1, 0.15) is 11.4 Å². The van der Waals surface area contributed by atoms with E-state index in [1.54, 1.807) is 12.1 Å². The van der Waals surface area contributed by atoms with E-state index in [1.165, 1.54) is 25.3 Å². The topological polar surface area (TPSA) is 64.3 Å². The van der Waals surface area contributed by atoms with Gasteiger partial charge in [-0.05, 0) is 63.1 Å². The van der Waals surface area contributed by atoms with Crippen molar-refractivity contribution in [3.63, 3.8) is 0 Å². The molecule has 30 heavy (non-hydrogen) atoms. The summed E-state index contributed by atoms with van der Waals surface area (Å²) in [4.78, 5) is 43.8. The van der Waals surface area contributed by atoms with E-state index < -0.39 is 5.69 Å². The van der Waals surface area contributed by atoms with Crippen molar-refractivity contribution in [2.75, 3.05) is 6.54 Å². The highest BCUT2D eigenvalue weighted by Crippen LogP contribution is 2.35. The predicted molar refractivity (Wildman–Crippen MR) is 119 cm³/mol. The molecule has 3 aromatic rings. The summed E-state index contributed by atoms with van der Waals surface area (Å²) in [5, 5.41) is 0.621. The number of thiophene rings is 1. The molecule has 0 spiro atoms. The molecule has 0 radical (unpaired) electrons. The van der Waals surface area contributed by atoms with Gasteiger partial charge in [0.05, 0.1) is 11.1 Å². The second-order valence-electron chi connectivity index (χ2n) is 8.31. The van der Waals surface area contributed by atoms with Crippen LogP contribution in [0.5, 0.6) is 0 Å². The highest BCUT2D eigenvalue weighted by molar-refractivity contribution is 7.19. The lowest BCUT2D eigenvalue weighted by atomic mass is 10.0. The monoisotopic (exact) mass is 423 g/mol. The minimum Gasteiger partial charge on any atom is -0.338 e. The van der Waals surface area contributed by atoms with Gasteiger partial charge in [-0.25, -0.2) is 9.36 Å². The molecule has 5 rings (SSSR count). The van der Waals surface area contributed by atoms with Crippen LogP contribution in [0.25, 0.3) is 15.9 Å². The van der Waals surface area contributed by atoms with Gasteiger partial charge in [0.15, 0.2) is 0 Å². The molecule has 1 amide bonds. The van der Waals surface area contributed by atoms with Crippen molar-refractivity contribution < 1.29 is 4.79 Å². The zero-order valence-corrected chi connectivity index (χ0v) is 17.9. The quantitative estimate of drug-likeness (QED) is 0.650. The highest BCUT2D eigenvalue weighted by Gasteiger charge is 2.28. The number of aryl methyl sites for hydroxylation is 2. The number of hydrogen-bond acceptors (Lipinski definition) is 4. The molecule has 1 aliphatic heterocycles. The van der Waals surface area contributed by atoms with Crippen LogP contribution in [0, 0.1) is 0 Å². The Balaban J connectivity index is 1.70. The largest absolute Gasteiger partial charge is 0.338 e. The average molecular weight is 424 g/mol. The van der Waals surface area contributed by atoms with Crippen LogP contribution >= 0.6 is 11.3 Å². The Morgan fingerprint density at radius 1 is 1.10 bits per heavy atom. The van der Waals surface area contributed by atoms with Gasteiger partial charge < -0.3 is 4.90 Å². The van der Waals surface area contributed by atoms with Crippen molar-refractivity contribution in [1.29, 1.82) is 0 Å². The lowest BCUT2D eigenvalue weighted by molar-refractivity contribution is -0.135. The summed E-state index contributed by atoms with van der Waals surface area (Å²) in [5.74, 6) is -0.0441. The van der Waals surface area contributed by atoms with Gasteiger partial charge in [-0.3, -0.25) is 14.2 Å². The molecule has 0 saturated carbocycles. The molecule has 0 N–H and O–H groups in total.